The molecule has 3 N–H and O–H groups in total. The Labute approximate surface area is 291 Å². The second-order valence-corrected chi connectivity index (χ2v) is 13.4. The van der Waals surface area contributed by atoms with Crippen LogP contribution in [0, 0.1) is 0 Å². The first-order valence-electron chi connectivity index (χ1n) is 14.6. The monoisotopic (exact) mass is 700 g/mol. The van der Waals surface area contributed by atoms with Crippen LogP contribution in [-0.4, -0.2) is 28.5 Å². The number of benzene rings is 4. The summed E-state index contributed by atoms with van der Waals surface area (Å²) >= 11 is 14.8. The van der Waals surface area contributed by atoms with Crippen LogP contribution in [0.4, 0.5) is 10.8 Å². The fourth-order valence-electron chi connectivity index (χ4n) is 4.37. The summed E-state index contributed by atoms with van der Waals surface area (Å²) in [6.45, 7) is 4.22. The van der Waals surface area contributed by atoms with Gasteiger partial charge < -0.3 is 16.0 Å². The first-order chi connectivity index (χ1) is 22.6. The van der Waals surface area contributed by atoms with E-state index >= 15 is 0 Å². The van der Waals surface area contributed by atoms with E-state index in [1.54, 1.807) is 60.7 Å². The summed E-state index contributed by atoms with van der Waals surface area (Å²) in [5.41, 5.74) is 4.46. The molecule has 238 valence electrons. The molecule has 0 bridgehead atoms. The Morgan fingerprint density at radius 1 is 0.872 bits per heavy atom. The lowest BCUT2D eigenvalue weighted by molar-refractivity contribution is -0.114. The van der Waals surface area contributed by atoms with Crippen LogP contribution in [0.2, 0.25) is 10.0 Å². The molecule has 11 heteroatoms. The molecular formula is C36H30Cl2N4O3S2. The molecule has 1 aromatic heterocycles. The van der Waals surface area contributed by atoms with Gasteiger partial charge in [0.15, 0.2) is 5.13 Å². The van der Waals surface area contributed by atoms with Gasteiger partial charge in [0.05, 0.1) is 21.5 Å². The molecule has 47 heavy (non-hydrogen) atoms. The maximum Gasteiger partial charge on any atom is 0.272 e. The van der Waals surface area contributed by atoms with Crippen LogP contribution < -0.4 is 16.0 Å². The molecule has 7 nitrogen and oxygen atoms in total. The Kier molecular flexibility index (Phi) is 11.5. The topological polar surface area (TPSA) is 100 Å². The number of carbonyl (C=O) groups is 3. The zero-order valence-electron chi connectivity index (χ0n) is 25.4. The Bertz CT molecular complexity index is 1930. The van der Waals surface area contributed by atoms with Crippen molar-refractivity contribution in [3.05, 3.63) is 135 Å². The number of rotatable bonds is 11. The van der Waals surface area contributed by atoms with Gasteiger partial charge in [-0.2, -0.15) is 0 Å². The van der Waals surface area contributed by atoms with Crippen molar-refractivity contribution >= 4 is 80.9 Å². The standard InChI is InChI=1S/C36H30Cl2N4O3S2/c1-22(2)24-13-11-23(12-14-24)17-31(40-34(44)25-7-4-3-5-8-25)35(45)39-27-9-6-10-28(19-27)46-21-33(43)42-36-41-32(20-47-36)26-15-16-29(37)30(38)18-26/h3-20,22H,21H2,1-2H3,(H,39,45)(H,40,44)(H,41,42,43)/b31-17+. The Hall–Kier alpha value is -4.41. The number of anilines is 2. The number of nitrogens with zero attached hydrogens (tertiary/aromatic N) is 1. The molecular weight excluding hydrogens is 671 g/mol. The third-order valence-electron chi connectivity index (χ3n) is 6.87. The lowest BCUT2D eigenvalue weighted by Crippen LogP contribution is -2.30. The maximum absolute atomic E-state index is 13.5. The summed E-state index contributed by atoms with van der Waals surface area (Å²) in [6.07, 6.45) is 1.65. The third-order valence-corrected chi connectivity index (χ3v) is 9.36. The SMILES string of the molecule is CC(C)c1ccc(/C=C(/NC(=O)c2ccccc2)C(=O)Nc2cccc(SCC(=O)Nc3nc(-c4ccc(Cl)c(Cl)c4)cs3)c2)cc1. The van der Waals surface area contributed by atoms with Crippen LogP contribution in [0.5, 0.6) is 0 Å². The highest BCUT2D eigenvalue weighted by molar-refractivity contribution is 8.00. The van der Waals surface area contributed by atoms with Gasteiger partial charge in [0.2, 0.25) is 5.91 Å². The van der Waals surface area contributed by atoms with E-state index in [4.69, 9.17) is 23.2 Å². The number of thiazole rings is 1. The van der Waals surface area contributed by atoms with Gasteiger partial charge >= 0.3 is 0 Å². The molecule has 5 rings (SSSR count). The van der Waals surface area contributed by atoms with Gasteiger partial charge in [0.1, 0.15) is 5.70 Å². The molecule has 0 aliphatic carbocycles. The minimum absolute atomic E-state index is 0.0947. The zero-order chi connectivity index (χ0) is 33.3. The summed E-state index contributed by atoms with van der Waals surface area (Å²) in [5, 5.41) is 11.7. The number of amides is 3. The van der Waals surface area contributed by atoms with Gasteiger partial charge in [0, 0.05) is 27.1 Å². The number of carbonyl (C=O) groups excluding carboxylic acids is 3. The maximum atomic E-state index is 13.5. The van der Waals surface area contributed by atoms with E-state index in [0.29, 0.717) is 38.0 Å². The minimum Gasteiger partial charge on any atom is -0.321 e. The molecule has 3 amide bonds. The van der Waals surface area contributed by atoms with Crippen LogP contribution in [0.1, 0.15) is 41.3 Å². The van der Waals surface area contributed by atoms with E-state index in [0.717, 1.165) is 16.0 Å². The van der Waals surface area contributed by atoms with Gasteiger partial charge in [-0.25, -0.2) is 4.98 Å². The quantitative estimate of drug-likeness (QED) is 0.0942. The van der Waals surface area contributed by atoms with Crippen molar-refractivity contribution in [1.82, 2.24) is 10.3 Å². The average molecular weight is 702 g/mol. The van der Waals surface area contributed by atoms with E-state index in [1.807, 2.05) is 47.8 Å². The summed E-state index contributed by atoms with van der Waals surface area (Å²) < 4.78 is 0. The summed E-state index contributed by atoms with van der Waals surface area (Å²) in [7, 11) is 0. The highest BCUT2D eigenvalue weighted by Crippen LogP contribution is 2.31. The third kappa shape index (κ3) is 9.56. The zero-order valence-corrected chi connectivity index (χ0v) is 28.6. The van der Waals surface area contributed by atoms with Crippen molar-refractivity contribution in [1.29, 1.82) is 0 Å². The van der Waals surface area contributed by atoms with Gasteiger partial charge in [0.25, 0.3) is 11.8 Å². The number of nitrogens with one attached hydrogen (secondary N) is 3. The molecule has 4 aromatic carbocycles. The summed E-state index contributed by atoms with van der Waals surface area (Å²) in [4.78, 5) is 44.5. The van der Waals surface area contributed by atoms with Gasteiger partial charge in [-0.3, -0.25) is 14.4 Å². The molecule has 0 aliphatic rings. The van der Waals surface area contributed by atoms with Crippen LogP contribution in [0.15, 0.2) is 113 Å². The number of thioether (sulfide) groups is 1. The molecule has 0 saturated heterocycles. The predicted molar refractivity (Wildman–Crippen MR) is 194 cm³/mol. The highest BCUT2D eigenvalue weighted by Gasteiger charge is 2.16. The van der Waals surface area contributed by atoms with Crippen molar-refractivity contribution in [2.45, 2.75) is 24.7 Å². The Morgan fingerprint density at radius 2 is 1.64 bits per heavy atom. The first kappa shape index (κ1) is 33.9. The number of halogens is 2. The van der Waals surface area contributed by atoms with Crippen molar-refractivity contribution in [2.75, 3.05) is 16.4 Å². The molecule has 0 radical (unpaired) electrons. The summed E-state index contributed by atoms with van der Waals surface area (Å²) in [6, 6.07) is 29.0. The lowest BCUT2D eigenvalue weighted by Gasteiger charge is -2.12. The molecule has 5 aromatic rings. The van der Waals surface area contributed by atoms with Crippen molar-refractivity contribution in [2.24, 2.45) is 0 Å². The van der Waals surface area contributed by atoms with Crippen molar-refractivity contribution in [3.63, 3.8) is 0 Å². The van der Waals surface area contributed by atoms with E-state index in [1.165, 1.54) is 28.7 Å². The van der Waals surface area contributed by atoms with E-state index < -0.39 is 11.8 Å². The highest BCUT2D eigenvalue weighted by atomic mass is 35.5. The summed E-state index contributed by atoms with van der Waals surface area (Å²) in [5.74, 6) is -0.611. The fraction of sp³-hybridized carbons (Fsp3) is 0.111. The molecule has 0 unspecified atom stereocenters. The lowest BCUT2D eigenvalue weighted by atomic mass is 10.0. The van der Waals surface area contributed by atoms with Crippen LogP contribution in [0.3, 0.4) is 0 Å². The van der Waals surface area contributed by atoms with Gasteiger partial charge in [-0.05, 0) is 65.6 Å². The van der Waals surface area contributed by atoms with Crippen LogP contribution >= 0.6 is 46.3 Å². The molecule has 0 fully saturated rings. The van der Waals surface area contributed by atoms with E-state index in [2.05, 4.69) is 34.8 Å². The second kappa shape index (κ2) is 15.9. The van der Waals surface area contributed by atoms with Crippen LogP contribution in [0.25, 0.3) is 17.3 Å². The van der Waals surface area contributed by atoms with Crippen LogP contribution in [-0.2, 0) is 9.59 Å². The van der Waals surface area contributed by atoms with Gasteiger partial charge in [-0.1, -0.05) is 91.6 Å². The predicted octanol–water partition coefficient (Wildman–Crippen LogP) is 9.38. The van der Waals surface area contributed by atoms with E-state index in [-0.39, 0.29) is 17.4 Å². The fourth-order valence-corrected chi connectivity index (χ4v) is 6.16. The Balaban J connectivity index is 1.23. The molecule has 1 heterocycles. The number of hydrogen-bond donors (Lipinski definition) is 3. The van der Waals surface area contributed by atoms with Crippen molar-refractivity contribution < 1.29 is 14.4 Å². The minimum atomic E-state index is -0.483. The average Bonchev–Trinajstić information content (AvgIpc) is 3.54. The molecule has 0 atom stereocenters. The molecule has 0 saturated carbocycles. The first-order valence-corrected chi connectivity index (χ1v) is 17.2. The van der Waals surface area contributed by atoms with Crippen molar-refractivity contribution in [3.8, 4) is 11.3 Å². The normalized spacial score (nSPS) is 11.3. The van der Waals surface area contributed by atoms with E-state index in [9.17, 15) is 14.4 Å². The molecule has 0 aliphatic heterocycles. The second-order valence-electron chi connectivity index (χ2n) is 10.7. The smallest absolute Gasteiger partial charge is 0.272 e. The number of hydrogen-bond acceptors (Lipinski definition) is 6. The molecule has 0 spiro atoms. The van der Waals surface area contributed by atoms with Gasteiger partial charge in [-0.15, -0.1) is 23.1 Å². The largest absolute Gasteiger partial charge is 0.321 e. The Morgan fingerprint density at radius 3 is 2.36 bits per heavy atom. The number of aromatic nitrogens is 1.